The third-order valence-corrected chi connectivity index (χ3v) is 8.07. The highest BCUT2D eigenvalue weighted by Gasteiger charge is 2.36. The predicted molar refractivity (Wildman–Crippen MR) is 144 cm³/mol. The fraction of sp³-hybridized carbons (Fsp3) is 0.296. The number of ether oxygens (including phenoxy) is 1. The van der Waals surface area contributed by atoms with E-state index in [2.05, 4.69) is 15.6 Å². The number of hydrogen-bond donors (Lipinski definition) is 3. The summed E-state index contributed by atoms with van der Waals surface area (Å²) in [4.78, 5) is 15.3. The number of nitrogens with one attached hydrogen (secondary N) is 3. The van der Waals surface area contributed by atoms with E-state index in [4.69, 9.17) is 10.1 Å². The minimum atomic E-state index is -4.70. The molecule has 9 nitrogen and oxygen atoms in total. The second kappa shape index (κ2) is 10.5. The number of halogens is 3. The van der Waals surface area contributed by atoms with Gasteiger partial charge in [-0.15, -0.1) is 0 Å². The first-order valence-corrected chi connectivity index (χ1v) is 13.6. The zero-order chi connectivity index (χ0) is 29.5. The molecule has 1 aliphatic rings. The van der Waals surface area contributed by atoms with Crippen LogP contribution in [0.5, 0.6) is 0 Å². The highest BCUT2D eigenvalue weighted by Crippen LogP contribution is 2.40. The van der Waals surface area contributed by atoms with Crippen molar-refractivity contribution in [3.63, 3.8) is 0 Å². The number of amides is 1. The average molecular weight is 576 g/mol. The van der Waals surface area contributed by atoms with Crippen molar-refractivity contribution in [3.8, 4) is 0 Å². The van der Waals surface area contributed by atoms with Gasteiger partial charge in [-0.1, -0.05) is 39.0 Å². The zero-order valence-electron chi connectivity index (χ0n) is 22.2. The Bertz CT molecular complexity index is 1570. The van der Waals surface area contributed by atoms with Crippen LogP contribution in [0.2, 0.25) is 0 Å². The third kappa shape index (κ3) is 5.88. The van der Waals surface area contributed by atoms with Gasteiger partial charge in [-0.3, -0.25) is 14.5 Å². The lowest BCUT2D eigenvalue weighted by Crippen LogP contribution is -2.30. The second-order valence-corrected chi connectivity index (χ2v) is 12.0. The standard InChI is InChI=1S/C27H28F3N5O4S/c1-26(2,3)18-7-9-19(10-8-18)40(37,38)35-14-17-6-12-22(27(28,29)30)34-25(17)33-20-11-5-16(13-21(20)35)24(31)39-15-23(36)32-4/h5-13,31H,14-15H2,1-4H3,(H,32,36)(H,33,34). The molecule has 212 valence electrons. The number of alkyl halides is 3. The SMILES string of the molecule is CNC(=O)COC(=N)c1ccc2c(c1)N(S(=O)(=O)c1ccc(C(C)(C)C)cc1)Cc1ccc(C(F)(F)F)nc1N2. The van der Waals surface area contributed by atoms with Crippen LogP contribution in [-0.4, -0.2) is 38.9 Å². The van der Waals surface area contributed by atoms with Crippen molar-refractivity contribution in [1.82, 2.24) is 10.3 Å². The van der Waals surface area contributed by atoms with Crippen molar-refractivity contribution >= 4 is 39.0 Å². The Labute approximate surface area is 229 Å². The highest BCUT2D eigenvalue weighted by molar-refractivity contribution is 7.92. The van der Waals surface area contributed by atoms with Crippen LogP contribution in [0.3, 0.4) is 0 Å². The summed E-state index contributed by atoms with van der Waals surface area (Å²) in [7, 11) is -2.83. The predicted octanol–water partition coefficient (Wildman–Crippen LogP) is 4.94. The minimum absolute atomic E-state index is 0.0221. The molecule has 2 aromatic carbocycles. The number of hydrogen-bond acceptors (Lipinski definition) is 7. The Morgan fingerprint density at radius 1 is 1.10 bits per heavy atom. The van der Waals surface area contributed by atoms with Crippen LogP contribution in [0, 0.1) is 5.41 Å². The van der Waals surface area contributed by atoms with Gasteiger partial charge in [0.2, 0.25) is 5.90 Å². The maximum Gasteiger partial charge on any atom is 0.433 e. The molecule has 0 fully saturated rings. The number of sulfonamides is 1. The normalized spacial score (nSPS) is 13.4. The molecule has 0 unspecified atom stereocenters. The molecule has 1 amide bonds. The number of nitrogens with zero attached hydrogens (tertiary/aromatic N) is 2. The van der Waals surface area contributed by atoms with Crippen LogP contribution < -0.4 is 14.9 Å². The van der Waals surface area contributed by atoms with Gasteiger partial charge >= 0.3 is 6.18 Å². The maximum atomic E-state index is 14.0. The number of carbonyl (C=O) groups excluding carboxylic acids is 1. The largest absolute Gasteiger partial charge is 0.468 e. The summed E-state index contributed by atoms with van der Waals surface area (Å²) in [5.41, 5.74) is 0.166. The average Bonchev–Trinajstić information content (AvgIpc) is 3.06. The van der Waals surface area contributed by atoms with Crippen LogP contribution in [-0.2, 0) is 37.7 Å². The molecular weight excluding hydrogens is 547 g/mol. The van der Waals surface area contributed by atoms with Crippen molar-refractivity contribution in [3.05, 3.63) is 77.0 Å². The number of aromatic nitrogens is 1. The molecule has 1 aromatic heterocycles. The first kappa shape index (κ1) is 28.9. The van der Waals surface area contributed by atoms with Gasteiger partial charge in [0.1, 0.15) is 11.5 Å². The number of pyridine rings is 1. The van der Waals surface area contributed by atoms with Gasteiger partial charge in [-0.05, 0) is 47.4 Å². The summed E-state index contributed by atoms with van der Waals surface area (Å²) >= 11 is 0. The molecule has 0 radical (unpaired) electrons. The number of carbonyl (C=O) groups is 1. The molecule has 0 saturated heterocycles. The summed E-state index contributed by atoms with van der Waals surface area (Å²) in [6, 6.07) is 12.6. The van der Waals surface area contributed by atoms with E-state index in [9.17, 15) is 26.4 Å². The highest BCUT2D eigenvalue weighted by atomic mass is 32.2. The molecule has 13 heteroatoms. The summed E-state index contributed by atoms with van der Waals surface area (Å²) in [5, 5.41) is 13.4. The number of rotatable bonds is 5. The fourth-order valence-corrected chi connectivity index (χ4v) is 5.45. The summed E-state index contributed by atoms with van der Waals surface area (Å²) in [5.74, 6) is -1.00. The quantitative estimate of drug-likeness (QED) is 0.293. The Balaban J connectivity index is 1.83. The van der Waals surface area contributed by atoms with E-state index >= 15 is 0 Å². The van der Waals surface area contributed by atoms with E-state index in [-0.39, 0.29) is 45.2 Å². The topological polar surface area (TPSA) is 124 Å². The molecule has 0 saturated carbocycles. The second-order valence-electron chi connectivity index (χ2n) is 10.1. The lowest BCUT2D eigenvalue weighted by molar-refractivity contribution is -0.141. The molecule has 4 rings (SSSR count). The Kier molecular flexibility index (Phi) is 7.54. The van der Waals surface area contributed by atoms with Crippen molar-refractivity contribution in [1.29, 1.82) is 5.41 Å². The lowest BCUT2D eigenvalue weighted by Gasteiger charge is -2.26. The molecular formula is C27H28F3N5O4S. The van der Waals surface area contributed by atoms with Gasteiger partial charge < -0.3 is 15.4 Å². The number of fused-ring (bicyclic) bond motifs is 2. The molecule has 1 aliphatic heterocycles. The Hall–Kier alpha value is -4.13. The Morgan fingerprint density at radius 3 is 2.38 bits per heavy atom. The molecule has 0 spiro atoms. The van der Waals surface area contributed by atoms with Gasteiger partial charge in [0, 0.05) is 18.2 Å². The van der Waals surface area contributed by atoms with Crippen molar-refractivity contribution < 1.29 is 31.1 Å². The van der Waals surface area contributed by atoms with Crippen molar-refractivity contribution in [2.45, 2.75) is 43.8 Å². The van der Waals surface area contributed by atoms with E-state index in [1.165, 1.54) is 43.4 Å². The first-order valence-electron chi connectivity index (χ1n) is 12.1. The molecule has 40 heavy (non-hydrogen) atoms. The maximum absolute atomic E-state index is 14.0. The van der Waals surface area contributed by atoms with E-state index < -0.39 is 40.3 Å². The van der Waals surface area contributed by atoms with Gasteiger partial charge in [0.25, 0.3) is 15.9 Å². The smallest absolute Gasteiger partial charge is 0.433 e. The molecule has 0 aliphatic carbocycles. The van der Waals surface area contributed by atoms with Crippen molar-refractivity contribution in [2.75, 3.05) is 23.3 Å². The van der Waals surface area contributed by atoms with Crippen LogP contribution in [0.15, 0.2) is 59.5 Å². The van der Waals surface area contributed by atoms with Gasteiger partial charge in [0.15, 0.2) is 6.61 Å². The van der Waals surface area contributed by atoms with Crippen LogP contribution in [0.4, 0.5) is 30.4 Å². The summed E-state index contributed by atoms with van der Waals surface area (Å²) in [6.07, 6.45) is -4.70. The molecule has 3 aromatic rings. The number of benzene rings is 2. The van der Waals surface area contributed by atoms with Crippen LogP contribution in [0.25, 0.3) is 0 Å². The van der Waals surface area contributed by atoms with Gasteiger partial charge in [0.05, 0.1) is 22.8 Å². The zero-order valence-corrected chi connectivity index (χ0v) is 23.0. The molecule has 0 atom stereocenters. The Morgan fingerprint density at radius 2 is 1.77 bits per heavy atom. The van der Waals surface area contributed by atoms with Gasteiger partial charge in [-0.2, -0.15) is 13.2 Å². The summed E-state index contributed by atoms with van der Waals surface area (Å²) in [6.45, 7) is 5.22. The van der Waals surface area contributed by atoms with E-state index in [0.29, 0.717) is 0 Å². The summed E-state index contributed by atoms with van der Waals surface area (Å²) < 4.78 is 74.4. The van der Waals surface area contributed by atoms with E-state index in [0.717, 1.165) is 15.9 Å². The number of likely N-dealkylation sites (N-methyl/N-ethyl adjacent to an activating group) is 1. The fourth-order valence-electron chi connectivity index (χ4n) is 4.00. The third-order valence-electron chi connectivity index (χ3n) is 6.30. The minimum Gasteiger partial charge on any atom is -0.468 e. The van der Waals surface area contributed by atoms with Crippen molar-refractivity contribution in [2.24, 2.45) is 0 Å². The van der Waals surface area contributed by atoms with Crippen LogP contribution in [0.1, 0.15) is 43.2 Å². The monoisotopic (exact) mass is 575 g/mol. The van der Waals surface area contributed by atoms with E-state index in [1.54, 1.807) is 12.1 Å². The molecule has 0 bridgehead atoms. The molecule has 3 N–H and O–H groups in total. The first-order chi connectivity index (χ1) is 18.6. The molecule has 2 heterocycles. The van der Waals surface area contributed by atoms with Gasteiger partial charge in [-0.25, -0.2) is 13.4 Å². The van der Waals surface area contributed by atoms with E-state index in [1.807, 2.05) is 20.8 Å². The number of anilines is 3. The lowest BCUT2D eigenvalue weighted by atomic mass is 9.87. The van der Waals surface area contributed by atoms with Crippen LogP contribution >= 0.6 is 0 Å².